The summed E-state index contributed by atoms with van der Waals surface area (Å²) in [5, 5.41) is 1.91. The molecule has 27 heavy (non-hydrogen) atoms. The van der Waals surface area contributed by atoms with Crippen molar-refractivity contribution in [3.8, 4) is 11.5 Å². The molecule has 0 bridgehead atoms. The van der Waals surface area contributed by atoms with E-state index in [-0.39, 0.29) is 11.9 Å². The maximum absolute atomic E-state index is 11.7. The van der Waals surface area contributed by atoms with Crippen molar-refractivity contribution in [3.05, 3.63) is 70.8 Å². The molecule has 4 rings (SSSR count). The van der Waals surface area contributed by atoms with E-state index >= 15 is 0 Å². The number of benzene rings is 3. The largest absolute Gasteiger partial charge is 0.492 e. The van der Waals surface area contributed by atoms with E-state index in [0.717, 1.165) is 27.6 Å². The number of ether oxygens (including phenoxy) is 2. The molecule has 0 aromatic heterocycles. The van der Waals surface area contributed by atoms with Gasteiger partial charge in [0.15, 0.2) is 0 Å². The standard InChI is InChI=1S/C24H24O3/c1-14(2)17-9-11-18(12-10-17)21-13-26-24-20-8-6-5-7-19(20)23(27-16(4)25)15(3)22(21)24/h5-12,14,21H,13H2,1-4H3. The van der Waals surface area contributed by atoms with Crippen LogP contribution in [0.2, 0.25) is 0 Å². The fourth-order valence-electron chi connectivity index (χ4n) is 4.00. The van der Waals surface area contributed by atoms with Gasteiger partial charge in [-0.3, -0.25) is 4.79 Å². The maximum atomic E-state index is 11.7. The zero-order valence-electron chi connectivity index (χ0n) is 16.2. The number of carbonyl (C=O) groups excluding carboxylic acids is 1. The van der Waals surface area contributed by atoms with Gasteiger partial charge in [-0.1, -0.05) is 62.4 Å². The Morgan fingerprint density at radius 3 is 2.37 bits per heavy atom. The van der Waals surface area contributed by atoms with Crippen LogP contribution in [0.3, 0.4) is 0 Å². The number of fused-ring (bicyclic) bond motifs is 3. The van der Waals surface area contributed by atoms with Crippen LogP contribution in [0.5, 0.6) is 11.5 Å². The average molecular weight is 360 g/mol. The van der Waals surface area contributed by atoms with Crippen molar-refractivity contribution in [2.24, 2.45) is 0 Å². The minimum Gasteiger partial charge on any atom is -0.492 e. The zero-order chi connectivity index (χ0) is 19.1. The van der Waals surface area contributed by atoms with Crippen molar-refractivity contribution in [3.63, 3.8) is 0 Å². The summed E-state index contributed by atoms with van der Waals surface area (Å²) in [5.74, 6) is 1.90. The van der Waals surface area contributed by atoms with Crippen LogP contribution in [-0.2, 0) is 4.79 Å². The Kier molecular flexibility index (Phi) is 4.39. The zero-order valence-corrected chi connectivity index (χ0v) is 16.2. The number of carbonyl (C=O) groups is 1. The second-order valence-corrected chi connectivity index (χ2v) is 7.52. The second kappa shape index (κ2) is 6.73. The molecular weight excluding hydrogens is 336 g/mol. The molecule has 0 aliphatic carbocycles. The Bertz CT molecular complexity index is 1020. The predicted octanol–water partition coefficient (Wildman–Crippen LogP) is 5.72. The third-order valence-electron chi connectivity index (χ3n) is 5.40. The van der Waals surface area contributed by atoms with Gasteiger partial charge in [0.05, 0.1) is 6.61 Å². The van der Waals surface area contributed by atoms with Crippen LogP contribution in [0.1, 0.15) is 54.9 Å². The van der Waals surface area contributed by atoms with Crippen molar-refractivity contribution >= 4 is 16.7 Å². The van der Waals surface area contributed by atoms with E-state index < -0.39 is 0 Å². The molecule has 0 radical (unpaired) electrons. The van der Waals surface area contributed by atoms with Gasteiger partial charge in [-0.2, -0.15) is 0 Å². The minimum absolute atomic E-state index is 0.139. The summed E-state index contributed by atoms with van der Waals surface area (Å²) < 4.78 is 11.8. The average Bonchev–Trinajstić information content (AvgIpc) is 3.10. The molecule has 0 saturated carbocycles. The number of hydrogen-bond acceptors (Lipinski definition) is 3. The van der Waals surface area contributed by atoms with Gasteiger partial charge in [0, 0.05) is 34.7 Å². The smallest absolute Gasteiger partial charge is 0.308 e. The van der Waals surface area contributed by atoms with Crippen molar-refractivity contribution < 1.29 is 14.3 Å². The van der Waals surface area contributed by atoms with E-state index in [1.165, 1.54) is 18.1 Å². The van der Waals surface area contributed by atoms with Crippen LogP contribution in [0.15, 0.2) is 48.5 Å². The minimum atomic E-state index is -0.306. The number of rotatable bonds is 3. The van der Waals surface area contributed by atoms with Crippen LogP contribution in [0.4, 0.5) is 0 Å². The summed E-state index contributed by atoms with van der Waals surface area (Å²) in [5.41, 5.74) is 4.66. The van der Waals surface area contributed by atoms with E-state index in [2.05, 4.69) is 38.1 Å². The molecule has 1 aliphatic rings. The highest BCUT2D eigenvalue weighted by Gasteiger charge is 2.32. The topological polar surface area (TPSA) is 35.5 Å². The lowest BCUT2D eigenvalue weighted by Gasteiger charge is -2.17. The Labute approximate surface area is 159 Å². The SMILES string of the molecule is CC(=O)Oc1c(C)c2c(c3ccccc13)OCC2c1ccc(C(C)C)cc1. The van der Waals surface area contributed by atoms with Crippen molar-refractivity contribution in [2.75, 3.05) is 6.61 Å². The molecule has 1 unspecified atom stereocenters. The lowest BCUT2D eigenvalue weighted by atomic mass is 9.87. The fourth-order valence-corrected chi connectivity index (χ4v) is 4.00. The van der Waals surface area contributed by atoms with Crippen LogP contribution < -0.4 is 9.47 Å². The lowest BCUT2D eigenvalue weighted by Crippen LogP contribution is -2.07. The Hall–Kier alpha value is -2.81. The lowest BCUT2D eigenvalue weighted by molar-refractivity contribution is -0.131. The summed E-state index contributed by atoms with van der Waals surface area (Å²) >= 11 is 0. The van der Waals surface area contributed by atoms with Crippen molar-refractivity contribution in [2.45, 2.75) is 39.5 Å². The molecule has 1 aliphatic heterocycles. The quantitative estimate of drug-likeness (QED) is 0.442. The van der Waals surface area contributed by atoms with E-state index in [0.29, 0.717) is 18.3 Å². The van der Waals surface area contributed by atoms with Crippen LogP contribution in [0.25, 0.3) is 10.8 Å². The van der Waals surface area contributed by atoms with E-state index in [9.17, 15) is 4.79 Å². The third-order valence-corrected chi connectivity index (χ3v) is 5.40. The number of esters is 1. The molecule has 3 heteroatoms. The third kappa shape index (κ3) is 2.97. The van der Waals surface area contributed by atoms with Crippen molar-refractivity contribution in [1.29, 1.82) is 0 Å². The van der Waals surface area contributed by atoms with Gasteiger partial charge in [0.25, 0.3) is 0 Å². The molecule has 0 saturated heterocycles. The van der Waals surface area contributed by atoms with Crippen molar-refractivity contribution in [1.82, 2.24) is 0 Å². The highest BCUT2D eigenvalue weighted by atomic mass is 16.5. The van der Waals surface area contributed by atoms with Crippen LogP contribution in [-0.4, -0.2) is 12.6 Å². The first-order valence-corrected chi connectivity index (χ1v) is 9.43. The highest BCUT2D eigenvalue weighted by molar-refractivity contribution is 5.98. The number of hydrogen-bond donors (Lipinski definition) is 0. The fraction of sp³-hybridized carbons (Fsp3) is 0.292. The predicted molar refractivity (Wildman–Crippen MR) is 108 cm³/mol. The molecule has 0 amide bonds. The Morgan fingerprint density at radius 1 is 1.07 bits per heavy atom. The maximum Gasteiger partial charge on any atom is 0.308 e. The van der Waals surface area contributed by atoms with E-state index in [1.807, 2.05) is 31.2 Å². The summed E-state index contributed by atoms with van der Waals surface area (Å²) in [7, 11) is 0. The van der Waals surface area contributed by atoms with E-state index in [1.54, 1.807) is 0 Å². The van der Waals surface area contributed by atoms with Gasteiger partial charge >= 0.3 is 5.97 Å². The van der Waals surface area contributed by atoms with Crippen LogP contribution >= 0.6 is 0 Å². The van der Waals surface area contributed by atoms with Gasteiger partial charge in [0.1, 0.15) is 11.5 Å². The Morgan fingerprint density at radius 2 is 1.74 bits per heavy atom. The van der Waals surface area contributed by atoms with Gasteiger partial charge in [-0.25, -0.2) is 0 Å². The second-order valence-electron chi connectivity index (χ2n) is 7.52. The van der Waals surface area contributed by atoms with Gasteiger partial charge in [-0.15, -0.1) is 0 Å². The monoisotopic (exact) mass is 360 g/mol. The van der Waals surface area contributed by atoms with E-state index in [4.69, 9.17) is 9.47 Å². The first-order chi connectivity index (χ1) is 13.0. The summed E-state index contributed by atoms with van der Waals surface area (Å²) in [6, 6.07) is 16.7. The first kappa shape index (κ1) is 17.6. The van der Waals surface area contributed by atoms with Gasteiger partial charge < -0.3 is 9.47 Å². The summed E-state index contributed by atoms with van der Waals surface area (Å²) in [6.07, 6.45) is 0. The van der Waals surface area contributed by atoms with Gasteiger partial charge in [-0.05, 0) is 24.0 Å². The normalized spacial score (nSPS) is 15.7. The highest BCUT2D eigenvalue weighted by Crippen LogP contribution is 2.49. The summed E-state index contributed by atoms with van der Waals surface area (Å²) in [6.45, 7) is 8.47. The molecule has 3 nitrogen and oxygen atoms in total. The first-order valence-electron chi connectivity index (χ1n) is 9.43. The Balaban J connectivity index is 1.89. The van der Waals surface area contributed by atoms with Crippen LogP contribution in [0, 0.1) is 6.92 Å². The molecule has 1 heterocycles. The molecule has 0 N–H and O–H groups in total. The molecule has 3 aromatic rings. The molecule has 0 fully saturated rings. The molecule has 138 valence electrons. The molecule has 1 atom stereocenters. The van der Waals surface area contributed by atoms with Gasteiger partial charge in [0.2, 0.25) is 0 Å². The summed E-state index contributed by atoms with van der Waals surface area (Å²) in [4.78, 5) is 11.7. The molecule has 0 spiro atoms. The molecule has 3 aromatic carbocycles. The molecular formula is C24H24O3.